The lowest BCUT2D eigenvalue weighted by molar-refractivity contribution is -0.136. The number of aryl methyl sites for hydroxylation is 1. The van der Waals surface area contributed by atoms with E-state index < -0.39 is 38.2 Å². The molecule has 9 heteroatoms. The number of carbonyl (C=O) groups is 1. The van der Waals surface area contributed by atoms with Crippen molar-refractivity contribution >= 4 is 75.6 Å². The molecule has 32 heavy (non-hydrogen) atoms. The highest BCUT2D eigenvalue weighted by atomic mass is 35.5. The molecule has 0 amide bonds. The third kappa shape index (κ3) is 7.89. The van der Waals surface area contributed by atoms with Crippen molar-refractivity contribution in [3.63, 3.8) is 0 Å². The van der Waals surface area contributed by atoms with Gasteiger partial charge in [0.25, 0.3) is 0 Å². The first kappa shape index (κ1) is 30.3. The summed E-state index contributed by atoms with van der Waals surface area (Å²) < 4.78 is 0. The fourth-order valence-electron chi connectivity index (χ4n) is 3.29. The first-order chi connectivity index (χ1) is 14.4. The predicted molar refractivity (Wildman–Crippen MR) is 139 cm³/mol. The van der Waals surface area contributed by atoms with Crippen LogP contribution in [0.3, 0.4) is 0 Å². The maximum absolute atomic E-state index is 10.8. The molecule has 1 aromatic rings. The van der Waals surface area contributed by atoms with Crippen LogP contribution in [-0.2, 0) is 22.0 Å². The average Bonchev–Trinajstić information content (AvgIpc) is 2.67. The summed E-state index contributed by atoms with van der Waals surface area (Å²) in [6, 6.07) is 3.88. The minimum Gasteiger partial charge on any atom is -0.507 e. The lowest BCUT2D eigenvalue weighted by Crippen LogP contribution is -2.52. The van der Waals surface area contributed by atoms with Crippen LogP contribution < -0.4 is 0 Å². The lowest BCUT2D eigenvalue weighted by atomic mass is 9.78. The van der Waals surface area contributed by atoms with E-state index in [1.54, 1.807) is 0 Å². The van der Waals surface area contributed by atoms with Crippen LogP contribution in [0.25, 0.3) is 0 Å². The van der Waals surface area contributed by atoms with Crippen molar-refractivity contribution < 1.29 is 15.0 Å². The van der Waals surface area contributed by atoms with Gasteiger partial charge in [-0.2, -0.15) is 0 Å². The van der Waals surface area contributed by atoms with Gasteiger partial charge in [-0.3, -0.25) is 4.79 Å². The molecule has 1 saturated carbocycles. The number of aliphatic carboxylic acids is 1. The Morgan fingerprint density at radius 3 is 1.25 bits per heavy atom. The number of benzene rings is 1. The van der Waals surface area contributed by atoms with Crippen LogP contribution in [0.15, 0.2) is 12.1 Å². The first-order valence-electron chi connectivity index (χ1n) is 10.3. The number of alkyl halides is 6. The molecule has 1 aromatic carbocycles. The summed E-state index contributed by atoms with van der Waals surface area (Å²) in [5, 5.41) is 16.8. The topological polar surface area (TPSA) is 57.5 Å². The molecular weight excluding hydrogens is 537 g/mol. The molecule has 0 spiro atoms. The van der Waals surface area contributed by atoms with E-state index in [1.165, 1.54) is 0 Å². The monoisotopic (exact) mass is 566 g/mol. The van der Waals surface area contributed by atoms with Gasteiger partial charge in [0.1, 0.15) is 5.75 Å². The van der Waals surface area contributed by atoms with Crippen LogP contribution in [0.1, 0.15) is 64.7 Å². The van der Waals surface area contributed by atoms with Gasteiger partial charge in [0.2, 0.25) is 0 Å². The minimum atomic E-state index is -0.798. The smallest absolute Gasteiger partial charge is 0.303 e. The summed E-state index contributed by atoms with van der Waals surface area (Å²) >= 11 is 35.3. The van der Waals surface area contributed by atoms with Crippen LogP contribution >= 0.6 is 69.6 Å². The Bertz CT molecular complexity index is 693. The Morgan fingerprint density at radius 1 is 0.750 bits per heavy atom. The maximum Gasteiger partial charge on any atom is 0.303 e. The van der Waals surface area contributed by atoms with Crippen molar-refractivity contribution in [2.24, 2.45) is 0 Å². The number of phenolic OH excluding ortho intramolecular Hbond substituents is 1. The van der Waals surface area contributed by atoms with Crippen molar-refractivity contribution in [1.29, 1.82) is 0 Å². The van der Waals surface area contributed by atoms with Gasteiger partial charge in [-0.1, -0.05) is 53.7 Å². The SMILES string of the molecule is CC(C)(C)c1cc(CCC(=O)O)cc(C(C)(C)C)c1O.Cl[C@H]1[C@H](Cl)[C@@H](Cl)[C@@H](Cl)[C@H](Cl)[C@H]1Cl. The van der Waals surface area contributed by atoms with E-state index in [9.17, 15) is 9.90 Å². The number of rotatable bonds is 3. The van der Waals surface area contributed by atoms with Crippen LogP contribution in [0.2, 0.25) is 0 Å². The van der Waals surface area contributed by atoms with E-state index in [0.717, 1.165) is 16.7 Å². The van der Waals surface area contributed by atoms with Gasteiger partial charge in [-0.15, -0.1) is 69.6 Å². The van der Waals surface area contributed by atoms with E-state index in [4.69, 9.17) is 74.7 Å². The highest BCUT2D eigenvalue weighted by molar-refractivity contribution is 6.45. The predicted octanol–water partition coefficient (Wildman–Crippen LogP) is 7.65. The molecule has 0 bridgehead atoms. The second-order valence-corrected chi connectivity index (χ2v) is 13.1. The van der Waals surface area contributed by atoms with Gasteiger partial charge in [-0.25, -0.2) is 0 Å². The standard InChI is InChI=1S/C17H26O3.C6H6Cl6/c1-16(2,3)12-9-11(7-8-14(18)19)10-13(15(12)20)17(4,5)6;7-1-2(8)4(10)6(12)5(11)3(1)9/h9-10,20H,7-8H2,1-6H3,(H,18,19);1-6H/t;1-,2-,3-,4+,5+,6+. The Kier molecular flexibility index (Phi) is 11.1. The van der Waals surface area contributed by atoms with E-state index >= 15 is 0 Å². The number of phenols is 1. The normalized spacial score (nSPS) is 28.6. The zero-order valence-corrected chi connectivity index (χ0v) is 23.6. The highest BCUT2D eigenvalue weighted by Gasteiger charge is 2.46. The minimum absolute atomic E-state index is 0.109. The summed E-state index contributed by atoms with van der Waals surface area (Å²) in [7, 11) is 0. The Morgan fingerprint density at radius 2 is 1.03 bits per heavy atom. The van der Waals surface area contributed by atoms with Gasteiger partial charge in [0.15, 0.2) is 0 Å². The molecule has 0 unspecified atom stereocenters. The average molecular weight is 569 g/mol. The molecule has 2 rings (SSSR count). The molecule has 184 valence electrons. The van der Waals surface area contributed by atoms with E-state index in [1.807, 2.05) is 12.1 Å². The van der Waals surface area contributed by atoms with E-state index in [-0.39, 0.29) is 17.3 Å². The maximum atomic E-state index is 10.8. The Labute approximate surface area is 221 Å². The Hall–Kier alpha value is 0.230. The van der Waals surface area contributed by atoms with Gasteiger partial charge in [0.05, 0.1) is 32.3 Å². The fourth-order valence-corrected chi connectivity index (χ4v) is 5.61. The van der Waals surface area contributed by atoms with Crippen molar-refractivity contribution in [2.45, 2.75) is 97.5 Å². The fraction of sp³-hybridized carbons (Fsp3) is 0.696. The number of hydrogen-bond acceptors (Lipinski definition) is 2. The Balaban J connectivity index is 0.000000363. The summed E-state index contributed by atoms with van der Waals surface area (Å²) in [5.74, 6) is -0.461. The lowest BCUT2D eigenvalue weighted by Gasteiger charge is -2.37. The van der Waals surface area contributed by atoms with Crippen molar-refractivity contribution in [1.82, 2.24) is 0 Å². The van der Waals surface area contributed by atoms with Gasteiger partial charge < -0.3 is 10.2 Å². The second-order valence-electron chi connectivity index (χ2n) is 10.1. The van der Waals surface area contributed by atoms with Gasteiger partial charge in [-0.05, 0) is 33.9 Å². The highest BCUT2D eigenvalue weighted by Crippen LogP contribution is 2.41. The van der Waals surface area contributed by atoms with Gasteiger partial charge >= 0.3 is 5.97 Å². The molecule has 1 aliphatic carbocycles. The molecule has 0 saturated heterocycles. The molecule has 3 nitrogen and oxygen atoms in total. The number of carboxylic acids is 1. The summed E-state index contributed by atoms with van der Waals surface area (Å²) in [6.07, 6.45) is 0.597. The molecule has 0 heterocycles. The molecule has 0 aliphatic heterocycles. The van der Waals surface area contributed by atoms with Crippen LogP contribution in [-0.4, -0.2) is 48.4 Å². The summed E-state index contributed by atoms with van der Waals surface area (Å²) in [5.41, 5.74) is 2.38. The summed E-state index contributed by atoms with van der Waals surface area (Å²) in [6.45, 7) is 12.3. The number of hydrogen-bond donors (Lipinski definition) is 2. The first-order valence-corrected chi connectivity index (χ1v) is 12.9. The third-order valence-electron chi connectivity index (χ3n) is 5.24. The molecule has 0 atom stereocenters. The molecule has 1 aliphatic rings. The zero-order chi connectivity index (χ0) is 25.2. The second kappa shape index (κ2) is 11.8. The van der Waals surface area contributed by atoms with Crippen LogP contribution in [0.4, 0.5) is 0 Å². The van der Waals surface area contributed by atoms with Crippen molar-refractivity contribution in [3.8, 4) is 5.75 Å². The third-order valence-corrected chi connectivity index (χ3v) is 9.27. The molecule has 2 N–H and O–H groups in total. The summed E-state index contributed by atoms with van der Waals surface area (Å²) in [4.78, 5) is 10.8. The molecule has 0 radical (unpaired) electrons. The number of carboxylic acid groups (broad SMARTS) is 1. The number of halogens is 6. The van der Waals surface area contributed by atoms with Crippen molar-refractivity contribution in [2.75, 3.05) is 0 Å². The van der Waals surface area contributed by atoms with E-state index in [0.29, 0.717) is 12.2 Å². The van der Waals surface area contributed by atoms with Crippen LogP contribution in [0, 0.1) is 0 Å². The van der Waals surface area contributed by atoms with E-state index in [2.05, 4.69) is 41.5 Å². The quantitative estimate of drug-likeness (QED) is 0.368. The zero-order valence-electron chi connectivity index (χ0n) is 19.1. The van der Waals surface area contributed by atoms with Crippen LogP contribution in [0.5, 0.6) is 5.75 Å². The van der Waals surface area contributed by atoms with Gasteiger partial charge in [0, 0.05) is 6.42 Å². The molecule has 0 aromatic heterocycles. The molecule has 1 fully saturated rings. The van der Waals surface area contributed by atoms with Crippen molar-refractivity contribution in [3.05, 3.63) is 28.8 Å². The molecular formula is C23H32Cl6O3. The largest absolute Gasteiger partial charge is 0.507 e. The number of aromatic hydroxyl groups is 1.